The normalized spacial score (nSPS) is 12.6. The molecule has 17 heavy (non-hydrogen) atoms. The number of hydrogen-bond acceptors (Lipinski definition) is 3. The van der Waals surface area contributed by atoms with Crippen LogP contribution in [-0.2, 0) is 6.42 Å². The molecule has 0 radical (unpaired) electrons. The lowest BCUT2D eigenvalue weighted by molar-refractivity contribution is 0.581. The molecular weight excluding hydrogens is 235 g/mol. The van der Waals surface area contributed by atoms with Gasteiger partial charge < -0.3 is 5.32 Å². The van der Waals surface area contributed by atoms with E-state index in [0.717, 1.165) is 17.0 Å². The zero-order chi connectivity index (χ0) is 12.3. The zero-order valence-electron chi connectivity index (χ0n) is 9.90. The quantitative estimate of drug-likeness (QED) is 0.902. The molecule has 0 spiro atoms. The summed E-state index contributed by atoms with van der Waals surface area (Å²) in [6, 6.07) is 5.43. The van der Waals surface area contributed by atoms with E-state index in [4.69, 9.17) is 0 Å². The SMILES string of the molecule is CNC(Cc1nccs1)c1ccc(F)c(C)c1. The fourth-order valence-corrected chi connectivity index (χ4v) is 2.46. The number of aryl methyl sites for hydroxylation is 1. The molecule has 1 aromatic carbocycles. The molecule has 4 heteroatoms. The molecule has 1 unspecified atom stereocenters. The van der Waals surface area contributed by atoms with E-state index in [2.05, 4.69) is 10.3 Å². The summed E-state index contributed by atoms with van der Waals surface area (Å²) in [6.45, 7) is 1.79. The highest BCUT2D eigenvalue weighted by atomic mass is 32.1. The summed E-state index contributed by atoms with van der Waals surface area (Å²) >= 11 is 1.64. The Morgan fingerprint density at radius 2 is 2.29 bits per heavy atom. The molecule has 2 rings (SSSR count). The fourth-order valence-electron chi connectivity index (χ4n) is 1.80. The third-order valence-electron chi connectivity index (χ3n) is 2.80. The van der Waals surface area contributed by atoms with Crippen molar-refractivity contribution in [3.8, 4) is 0 Å². The molecule has 0 bridgehead atoms. The van der Waals surface area contributed by atoms with Crippen LogP contribution in [0.1, 0.15) is 22.2 Å². The van der Waals surface area contributed by atoms with Crippen molar-refractivity contribution in [2.75, 3.05) is 7.05 Å². The van der Waals surface area contributed by atoms with Crippen LogP contribution in [0.5, 0.6) is 0 Å². The van der Waals surface area contributed by atoms with Gasteiger partial charge in [-0.25, -0.2) is 9.37 Å². The third-order valence-corrected chi connectivity index (χ3v) is 3.60. The van der Waals surface area contributed by atoms with Crippen LogP contribution in [-0.4, -0.2) is 12.0 Å². The summed E-state index contributed by atoms with van der Waals surface area (Å²) in [5.74, 6) is -0.155. The number of aromatic nitrogens is 1. The Labute approximate surface area is 105 Å². The Hall–Kier alpha value is -1.26. The number of nitrogens with one attached hydrogen (secondary N) is 1. The molecule has 1 heterocycles. The highest BCUT2D eigenvalue weighted by molar-refractivity contribution is 7.09. The van der Waals surface area contributed by atoms with E-state index in [1.807, 2.05) is 30.8 Å². The van der Waals surface area contributed by atoms with Gasteiger partial charge in [0.05, 0.1) is 5.01 Å². The molecule has 2 aromatic rings. The van der Waals surface area contributed by atoms with Crippen LogP contribution in [0.3, 0.4) is 0 Å². The van der Waals surface area contributed by atoms with E-state index in [-0.39, 0.29) is 11.9 Å². The van der Waals surface area contributed by atoms with Gasteiger partial charge in [-0.2, -0.15) is 0 Å². The Morgan fingerprint density at radius 1 is 1.47 bits per heavy atom. The molecule has 90 valence electrons. The molecule has 1 aromatic heterocycles. The first-order chi connectivity index (χ1) is 8.20. The van der Waals surface area contributed by atoms with Gasteiger partial charge in [0.25, 0.3) is 0 Å². The van der Waals surface area contributed by atoms with Crippen molar-refractivity contribution in [2.24, 2.45) is 0 Å². The highest BCUT2D eigenvalue weighted by Gasteiger charge is 2.12. The Kier molecular flexibility index (Phi) is 3.86. The molecule has 0 aliphatic rings. The second-order valence-electron chi connectivity index (χ2n) is 3.98. The largest absolute Gasteiger partial charge is 0.313 e. The van der Waals surface area contributed by atoms with Gasteiger partial charge in [0.1, 0.15) is 5.82 Å². The van der Waals surface area contributed by atoms with Crippen LogP contribution in [0, 0.1) is 12.7 Å². The molecule has 1 N–H and O–H groups in total. The second-order valence-corrected chi connectivity index (χ2v) is 4.96. The number of rotatable bonds is 4. The molecule has 0 saturated carbocycles. The number of benzene rings is 1. The van der Waals surface area contributed by atoms with Gasteiger partial charge >= 0.3 is 0 Å². The van der Waals surface area contributed by atoms with Crippen molar-refractivity contribution in [1.82, 2.24) is 10.3 Å². The molecule has 0 saturated heterocycles. The van der Waals surface area contributed by atoms with E-state index in [1.165, 1.54) is 6.07 Å². The monoisotopic (exact) mass is 250 g/mol. The zero-order valence-corrected chi connectivity index (χ0v) is 10.7. The van der Waals surface area contributed by atoms with Crippen molar-refractivity contribution in [2.45, 2.75) is 19.4 Å². The molecule has 0 aliphatic heterocycles. The maximum Gasteiger partial charge on any atom is 0.126 e. The maximum absolute atomic E-state index is 13.2. The minimum Gasteiger partial charge on any atom is -0.313 e. The van der Waals surface area contributed by atoms with Gasteiger partial charge in [0.2, 0.25) is 0 Å². The second kappa shape index (κ2) is 5.38. The Morgan fingerprint density at radius 3 is 2.88 bits per heavy atom. The highest BCUT2D eigenvalue weighted by Crippen LogP contribution is 2.21. The van der Waals surface area contributed by atoms with Crippen molar-refractivity contribution in [1.29, 1.82) is 0 Å². The third kappa shape index (κ3) is 2.90. The van der Waals surface area contributed by atoms with E-state index in [0.29, 0.717) is 5.56 Å². The van der Waals surface area contributed by atoms with Crippen molar-refractivity contribution < 1.29 is 4.39 Å². The number of thiazole rings is 1. The summed E-state index contributed by atoms with van der Waals surface area (Å²) in [7, 11) is 1.91. The lowest BCUT2D eigenvalue weighted by Gasteiger charge is -2.16. The summed E-state index contributed by atoms with van der Waals surface area (Å²) in [4.78, 5) is 4.27. The van der Waals surface area contributed by atoms with Gasteiger partial charge in [-0.3, -0.25) is 0 Å². The molecule has 2 nitrogen and oxygen atoms in total. The van der Waals surface area contributed by atoms with Gasteiger partial charge in [-0.05, 0) is 31.2 Å². The van der Waals surface area contributed by atoms with Crippen molar-refractivity contribution in [3.63, 3.8) is 0 Å². The summed E-state index contributed by atoms with van der Waals surface area (Å²) in [5.41, 5.74) is 1.78. The molecule has 1 atom stereocenters. The van der Waals surface area contributed by atoms with E-state index in [1.54, 1.807) is 18.3 Å². The van der Waals surface area contributed by atoms with Crippen molar-refractivity contribution >= 4 is 11.3 Å². The summed E-state index contributed by atoms with van der Waals surface area (Å²) in [5, 5.41) is 6.31. The lowest BCUT2D eigenvalue weighted by atomic mass is 10.0. The molecule has 0 amide bonds. The smallest absolute Gasteiger partial charge is 0.126 e. The molecule has 0 fully saturated rings. The van der Waals surface area contributed by atoms with Gasteiger partial charge in [-0.15, -0.1) is 11.3 Å². The minimum atomic E-state index is -0.155. The number of nitrogens with zero attached hydrogens (tertiary/aromatic N) is 1. The van der Waals surface area contributed by atoms with E-state index in [9.17, 15) is 4.39 Å². The van der Waals surface area contributed by atoms with Gasteiger partial charge in [0.15, 0.2) is 0 Å². The number of halogens is 1. The first-order valence-electron chi connectivity index (χ1n) is 5.52. The average molecular weight is 250 g/mol. The molecular formula is C13H15FN2S. The lowest BCUT2D eigenvalue weighted by Crippen LogP contribution is -2.19. The number of likely N-dealkylation sites (N-methyl/N-ethyl adjacent to an activating group) is 1. The summed E-state index contributed by atoms with van der Waals surface area (Å²) < 4.78 is 13.2. The standard InChI is InChI=1S/C13H15FN2S/c1-9-7-10(3-4-11(9)14)12(15-2)8-13-16-5-6-17-13/h3-7,12,15H,8H2,1-2H3. The Bertz CT molecular complexity index is 482. The topological polar surface area (TPSA) is 24.9 Å². The van der Waals surface area contributed by atoms with Crippen LogP contribution in [0.15, 0.2) is 29.8 Å². The van der Waals surface area contributed by atoms with Crippen molar-refractivity contribution in [3.05, 3.63) is 51.7 Å². The molecule has 0 aliphatic carbocycles. The van der Waals surface area contributed by atoms with Crippen LogP contribution >= 0.6 is 11.3 Å². The Balaban J connectivity index is 2.20. The summed E-state index contributed by atoms with van der Waals surface area (Å²) in [6.07, 6.45) is 2.64. The minimum absolute atomic E-state index is 0.155. The van der Waals surface area contributed by atoms with Crippen LogP contribution in [0.2, 0.25) is 0 Å². The van der Waals surface area contributed by atoms with Crippen LogP contribution < -0.4 is 5.32 Å². The predicted octanol–water partition coefficient (Wildman–Crippen LogP) is 3.09. The van der Waals surface area contributed by atoms with E-state index < -0.39 is 0 Å². The predicted molar refractivity (Wildman–Crippen MR) is 68.8 cm³/mol. The number of hydrogen-bond donors (Lipinski definition) is 1. The first-order valence-corrected chi connectivity index (χ1v) is 6.40. The fraction of sp³-hybridized carbons (Fsp3) is 0.308. The average Bonchev–Trinajstić information content (AvgIpc) is 2.82. The van der Waals surface area contributed by atoms with Gasteiger partial charge in [0, 0.05) is 24.0 Å². The van der Waals surface area contributed by atoms with E-state index >= 15 is 0 Å². The van der Waals surface area contributed by atoms with Gasteiger partial charge in [-0.1, -0.05) is 12.1 Å². The maximum atomic E-state index is 13.2. The van der Waals surface area contributed by atoms with Crippen LogP contribution in [0.25, 0.3) is 0 Å². The van der Waals surface area contributed by atoms with Crippen LogP contribution in [0.4, 0.5) is 4.39 Å². The first kappa shape index (κ1) is 12.2.